The van der Waals surface area contributed by atoms with Crippen LogP contribution in [0.3, 0.4) is 0 Å². The summed E-state index contributed by atoms with van der Waals surface area (Å²) < 4.78 is 5.12. The molecule has 1 aromatic heterocycles. The molecule has 1 amide bonds. The van der Waals surface area contributed by atoms with Crippen molar-refractivity contribution in [1.29, 1.82) is 0 Å². The Bertz CT molecular complexity index is 537. The predicted molar refractivity (Wildman–Crippen MR) is 67.2 cm³/mol. The largest absolute Gasteiger partial charge is 0.496 e. The van der Waals surface area contributed by atoms with Gasteiger partial charge in [-0.15, -0.1) is 0 Å². The zero-order chi connectivity index (χ0) is 13.0. The zero-order valence-electron chi connectivity index (χ0n) is 9.93. The normalized spacial score (nSPS) is 10.1. The molecule has 6 heteroatoms. The summed E-state index contributed by atoms with van der Waals surface area (Å²) in [6, 6.07) is 5.10. The summed E-state index contributed by atoms with van der Waals surface area (Å²) in [5.74, 6) is 0.186. The van der Waals surface area contributed by atoms with Crippen LogP contribution in [0.4, 0.5) is 5.69 Å². The number of rotatable bonds is 4. The zero-order valence-corrected chi connectivity index (χ0v) is 9.93. The van der Waals surface area contributed by atoms with Crippen molar-refractivity contribution < 1.29 is 9.53 Å². The van der Waals surface area contributed by atoms with E-state index in [1.807, 2.05) is 0 Å². The number of ether oxygens (including phenoxy) is 1. The standard InChI is InChI=1S/C12H14N4O2/c1-18-10-4-2-3-9(13)11(10)12(17)14-5-8-6-15-16-7-8/h2-4,6-7H,5,13H2,1H3,(H,14,17)(H,15,16). The number of carbonyl (C=O) groups is 1. The number of nitrogens with zero attached hydrogens (tertiary/aromatic N) is 1. The molecule has 2 rings (SSSR count). The molecule has 4 N–H and O–H groups in total. The van der Waals surface area contributed by atoms with E-state index in [2.05, 4.69) is 15.5 Å². The fourth-order valence-electron chi connectivity index (χ4n) is 1.61. The molecule has 2 aromatic rings. The minimum absolute atomic E-state index is 0.272. The van der Waals surface area contributed by atoms with Crippen molar-refractivity contribution in [2.24, 2.45) is 0 Å². The highest BCUT2D eigenvalue weighted by Gasteiger charge is 2.15. The first-order valence-electron chi connectivity index (χ1n) is 5.40. The molecule has 1 heterocycles. The molecule has 0 spiro atoms. The lowest BCUT2D eigenvalue weighted by atomic mass is 10.1. The molecule has 0 fully saturated rings. The lowest BCUT2D eigenvalue weighted by molar-refractivity contribution is 0.0949. The number of carbonyl (C=O) groups excluding carboxylic acids is 1. The van der Waals surface area contributed by atoms with Crippen molar-refractivity contribution in [2.45, 2.75) is 6.54 Å². The number of hydrogen-bond acceptors (Lipinski definition) is 4. The Morgan fingerprint density at radius 3 is 3.06 bits per heavy atom. The predicted octanol–water partition coefficient (Wildman–Crippen LogP) is 0.930. The first-order chi connectivity index (χ1) is 8.72. The van der Waals surface area contributed by atoms with E-state index in [9.17, 15) is 4.79 Å². The van der Waals surface area contributed by atoms with Crippen molar-refractivity contribution in [3.05, 3.63) is 41.7 Å². The lowest BCUT2D eigenvalue weighted by Crippen LogP contribution is -2.24. The number of nitrogens with one attached hydrogen (secondary N) is 2. The maximum Gasteiger partial charge on any atom is 0.257 e. The van der Waals surface area contributed by atoms with Crippen LogP contribution >= 0.6 is 0 Å². The molecule has 0 aliphatic rings. The molecule has 0 saturated carbocycles. The van der Waals surface area contributed by atoms with Gasteiger partial charge in [-0.1, -0.05) is 6.07 Å². The Kier molecular flexibility index (Phi) is 3.47. The highest BCUT2D eigenvalue weighted by Crippen LogP contribution is 2.23. The van der Waals surface area contributed by atoms with Crippen LogP contribution in [0.2, 0.25) is 0 Å². The van der Waals surface area contributed by atoms with Gasteiger partial charge < -0.3 is 15.8 Å². The van der Waals surface area contributed by atoms with Gasteiger partial charge in [0.1, 0.15) is 11.3 Å². The molecule has 94 valence electrons. The van der Waals surface area contributed by atoms with E-state index in [-0.39, 0.29) is 5.91 Å². The smallest absolute Gasteiger partial charge is 0.257 e. The molecule has 0 bridgehead atoms. The fourth-order valence-corrected chi connectivity index (χ4v) is 1.61. The summed E-state index contributed by atoms with van der Waals surface area (Å²) in [5, 5.41) is 9.23. The molecular weight excluding hydrogens is 232 g/mol. The van der Waals surface area contributed by atoms with Crippen molar-refractivity contribution in [2.75, 3.05) is 12.8 Å². The maximum absolute atomic E-state index is 12.0. The van der Waals surface area contributed by atoms with Gasteiger partial charge in [-0.2, -0.15) is 5.10 Å². The Morgan fingerprint density at radius 1 is 1.56 bits per heavy atom. The molecule has 0 saturated heterocycles. The van der Waals surface area contributed by atoms with Crippen LogP contribution < -0.4 is 15.8 Å². The van der Waals surface area contributed by atoms with Gasteiger partial charge in [0.05, 0.1) is 13.3 Å². The van der Waals surface area contributed by atoms with Crippen LogP contribution in [0.5, 0.6) is 5.75 Å². The van der Waals surface area contributed by atoms with Crippen molar-refractivity contribution in [1.82, 2.24) is 15.5 Å². The second-order valence-corrected chi connectivity index (χ2v) is 3.71. The minimum Gasteiger partial charge on any atom is -0.496 e. The van der Waals surface area contributed by atoms with Crippen LogP contribution in [0, 0.1) is 0 Å². The number of nitrogens with two attached hydrogens (primary N) is 1. The Morgan fingerprint density at radius 2 is 2.39 bits per heavy atom. The average Bonchev–Trinajstić information content (AvgIpc) is 2.88. The van der Waals surface area contributed by atoms with Crippen molar-refractivity contribution >= 4 is 11.6 Å². The Balaban J connectivity index is 2.13. The van der Waals surface area contributed by atoms with Gasteiger partial charge in [0.25, 0.3) is 5.91 Å². The van der Waals surface area contributed by atoms with Gasteiger partial charge in [-0.25, -0.2) is 0 Å². The van der Waals surface area contributed by atoms with Gasteiger partial charge in [0, 0.05) is 24.0 Å². The summed E-state index contributed by atoms with van der Waals surface area (Å²) in [6.07, 6.45) is 3.36. The second kappa shape index (κ2) is 5.22. The summed E-state index contributed by atoms with van der Waals surface area (Å²) in [6.45, 7) is 0.382. The third-order valence-electron chi connectivity index (χ3n) is 2.51. The molecule has 18 heavy (non-hydrogen) atoms. The third kappa shape index (κ3) is 2.42. The average molecular weight is 246 g/mol. The van der Waals surface area contributed by atoms with E-state index in [1.54, 1.807) is 30.6 Å². The molecular formula is C12H14N4O2. The summed E-state index contributed by atoms with van der Waals surface area (Å²) >= 11 is 0. The summed E-state index contributed by atoms with van der Waals surface area (Å²) in [7, 11) is 1.50. The Hall–Kier alpha value is -2.50. The van der Waals surface area contributed by atoms with E-state index in [0.717, 1.165) is 5.56 Å². The maximum atomic E-state index is 12.0. The fraction of sp³-hybridized carbons (Fsp3) is 0.167. The number of methoxy groups -OCH3 is 1. The minimum atomic E-state index is -0.272. The second-order valence-electron chi connectivity index (χ2n) is 3.71. The van der Waals surface area contributed by atoms with E-state index < -0.39 is 0 Å². The number of anilines is 1. The van der Waals surface area contributed by atoms with Crippen LogP contribution in [0.1, 0.15) is 15.9 Å². The Labute approximate surface area is 104 Å². The summed E-state index contributed by atoms with van der Waals surface area (Å²) in [5.41, 5.74) is 7.41. The van der Waals surface area contributed by atoms with Crippen LogP contribution in [0.15, 0.2) is 30.6 Å². The number of nitrogen functional groups attached to an aromatic ring is 1. The van der Waals surface area contributed by atoms with Crippen LogP contribution in [0.25, 0.3) is 0 Å². The van der Waals surface area contributed by atoms with Gasteiger partial charge in [-0.3, -0.25) is 9.89 Å². The topological polar surface area (TPSA) is 93.0 Å². The van der Waals surface area contributed by atoms with Gasteiger partial charge in [-0.05, 0) is 12.1 Å². The van der Waals surface area contributed by atoms with Crippen molar-refractivity contribution in [3.8, 4) is 5.75 Å². The van der Waals surface area contributed by atoms with E-state index in [0.29, 0.717) is 23.5 Å². The quantitative estimate of drug-likeness (QED) is 0.700. The lowest BCUT2D eigenvalue weighted by Gasteiger charge is -2.10. The number of aromatic nitrogens is 2. The number of aromatic amines is 1. The SMILES string of the molecule is COc1cccc(N)c1C(=O)NCc1cn[nH]c1. The van der Waals surface area contributed by atoms with Crippen molar-refractivity contribution in [3.63, 3.8) is 0 Å². The van der Waals surface area contributed by atoms with Crippen LogP contribution in [-0.4, -0.2) is 23.2 Å². The van der Waals surface area contributed by atoms with Gasteiger partial charge >= 0.3 is 0 Å². The molecule has 0 unspecified atom stereocenters. The number of H-pyrrole nitrogens is 1. The molecule has 0 radical (unpaired) electrons. The number of amides is 1. The molecule has 0 aliphatic heterocycles. The molecule has 0 atom stereocenters. The molecule has 1 aromatic carbocycles. The van der Waals surface area contributed by atoms with Crippen LogP contribution in [-0.2, 0) is 6.54 Å². The van der Waals surface area contributed by atoms with E-state index >= 15 is 0 Å². The molecule has 0 aliphatic carbocycles. The summed E-state index contributed by atoms with van der Waals surface area (Å²) in [4.78, 5) is 12.0. The monoisotopic (exact) mass is 246 g/mol. The first-order valence-corrected chi connectivity index (χ1v) is 5.40. The number of hydrogen-bond donors (Lipinski definition) is 3. The highest BCUT2D eigenvalue weighted by molar-refractivity contribution is 6.01. The van der Waals surface area contributed by atoms with Gasteiger partial charge in [0.15, 0.2) is 0 Å². The first kappa shape index (κ1) is 12.0. The highest BCUT2D eigenvalue weighted by atomic mass is 16.5. The van der Waals surface area contributed by atoms with E-state index in [4.69, 9.17) is 10.5 Å². The molecule has 6 nitrogen and oxygen atoms in total. The number of benzene rings is 1. The third-order valence-corrected chi connectivity index (χ3v) is 2.51. The van der Waals surface area contributed by atoms with E-state index in [1.165, 1.54) is 7.11 Å². The van der Waals surface area contributed by atoms with Gasteiger partial charge in [0.2, 0.25) is 0 Å².